The molecular weight excluding hydrogens is 290 g/mol. The Labute approximate surface area is 132 Å². The standard InChI is InChI=1S/C14H23N5O.ClH/c1-18-7-9-19(10-8-18)6-3-11-20-14-12(13(15)16)4-2-5-17-14;/h2,4-5H,3,6-11H2,1H3,(H3,15,16);1H. The predicted octanol–water partition coefficient (Wildman–Crippen LogP) is 0.804. The molecule has 1 fully saturated rings. The lowest BCUT2D eigenvalue weighted by Crippen LogP contribution is -2.44. The van der Waals surface area contributed by atoms with Gasteiger partial charge >= 0.3 is 0 Å². The maximum atomic E-state index is 7.48. The second-order valence-corrected chi connectivity index (χ2v) is 5.12. The van der Waals surface area contributed by atoms with Crippen LogP contribution in [0.2, 0.25) is 0 Å². The highest BCUT2D eigenvalue weighted by Crippen LogP contribution is 2.13. The van der Waals surface area contributed by atoms with Gasteiger partial charge in [0.1, 0.15) is 5.84 Å². The fraction of sp³-hybridized carbons (Fsp3) is 0.571. The number of hydrogen-bond acceptors (Lipinski definition) is 5. The van der Waals surface area contributed by atoms with Crippen molar-refractivity contribution in [1.29, 1.82) is 5.41 Å². The van der Waals surface area contributed by atoms with Crippen LogP contribution in [0.15, 0.2) is 18.3 Å². The van der Waals surface area contributed by atoms with Crippen LogP contribution in [0.25, 0.3) is 0 Å². The van der Waals surface area contributed by atoms with Gasteiger partial charge < -0.3 is 20.3 Å². The van der Waals surface area contributed by atoms with Gasteiger partial charge in [0.25, 0.3) is 0 Å². The average molecular weight is 314 g/mol. The lowest BCUT2D eigenvalue weighted by Gasteiger charge is -2.32. The summed E-state index contributed by atoms with van der Waals surface area (Å²) in [6.07, 6.45) is 2.61. The number of pyridine rings is 1. The summed E-state index contributed by atoms with van der Waals surface area (Å²) < 4.78 is 5.64. The van der Waals surface area contributed by atoms with E-state index in [9.17, 15) is 0 Å². The zero-order chi connectivity index (χ0) is 14.4. The Morgan fingerprint density at radius 1 is 1.38 bits per heavy atom. The van der Waals surface area contributed by atoms with Crippen molar-refractivity contribution in [2.75, 3.05) is 46.4 Å². The lowest BCUT2D eigenvalue weighted by molar-refractivity contribution is 0.145. The van der Waals surface area contributed by atoms with Crippen LogP contribution in [0.5, 0.6) is 5.88 Å². The Morgan fingerprint density at radius 2 is 2.10 bits per heavy atom. The quantitative estimate of drug-likeness (QED) is 0.461. The Hall–Kier alpha value is -1.37. The Balaban J connectivity index is 0.00000220. The second-order valence-electron chi connectivity index (χ2n) is 5.12. The van der Waals surface area contributed by atoms with Crippen molar-refractivity contribution in [3.63, 3.8) is 0 Å². The highest BCUT2D eigenvalue weighted by molar-refractivity contribution is 5.96. The van der Waals surface area contributed by atoms with Crippen molar-refractivity contribution in [2.24, 2.45) is 5.73 Å². The van der Waals surface area contributed by atoms with Gasteiger partial charge in [0.05, 0.1) is 12.2 Å². The van der Waals surface area contributed by atoms with Gasteiger partial charge in [0.2, 0.25) is 5.88 Å². The van der Waals surface area contributed by atoms with E-state index in [1.807, 2.05) is 0 Å². The van der Waals surface area contributed by atoms with Crippen molar-refractivity contribution in [3.05, 3.63) is 23.9 Å². The van der Waals surface area contributed by atoms with E-state index in [2.05, 4.69) is 21.8 Å². The van der Waals surface area contributed by atoms with Crippen LogP contribution in [0.4, 0.5) is 0 Å². The summed E-state index contributed by atoms with van der Waals surface area (Å²) in [4.78, 5) is 8.93. The van der Waals surface area contributed by atoms with Crippen LogP contribution in [-0.4, -0.2) is 67.0 Å². The normalized spacial score (nSPS) is 16.2. The van der Waals surface area contributed by atoms with Crippen LogP contribution in [-0.2, 0) is 0 Å². The number of halogens is 1. The summed E-state index contributed by atoms with van der Waals surface area (Å²) in [5, 5.41) is 7.48. The third-order valence-corrected chi connectivity index (χ3v) is 3.51. The van der Waals surface area contributed by atoms with E-state index in [1.165, 1.54) is 0 Å². The molecule has 1 aliphatic rings. The number of piperazine rings is 1. The predicted molar refractivity (Wildman–Crippen MR) is 86.6 cm³/mol. The molecule has 0 saturated carbocycles. The SMILES string of the molecule is CN1CCN(CCCOc2ncccc2C(=N)N)CC1.Cl. The van der Waals surface area contributed by atoms with Crippen molar-refractivity contribution in [1.82, 2.24) is 14.8 Å². The van der Waals surface area contributed by atoms with Crippen LogP contribution < -0.4 is 10.5 Å². The van der Waals surface area contributed by atoms with Crippen LogP contribution >= 0.6 is 12.4 Å². The van der Waals surface area contributed by atoms with Gasteiger partial charge in [0.15, 0.2) is 0 Å². The largest absolute Gasteiger partial charge is 0.477 e. The van der Waals surface area contributed by atoms with E-state index in [0.717, 1.165) is 39.1 Å². The van der Waals surface area contributed by atoms with E-state index in [4.69, 9.17) is 15.9 Å². The third-order valence-electron chi connectivity index (χ3n) is 3.51. The number of nitrogens with two attached hydrogens (primary N) is 1. The number of hydrogen-bond donors (Lipinski definition) is 2. The van der Waals surface area contributed by atoms with E-state index in [1.54, 1.807) is 18.3 Å². The molecule has 0 atom stereocenters. The minimum atomic E-state index is -0.00725. The van der Waals surface area contributed by atoms with Crippen molar-refractivity contribution < 1.29 is 4.74 Å². The fourth-order valence-corrected chi connectivity index (χ4v) is 2.24. The van der Waals surface area contributed by atoms with E-state index in [-0.39, 0.29) is 18.2 Å². The van der Waals surface area contributed by atoms with Crippen LogP contribution in [0, 0.1) is 5.41 Å². The molecule has 0 bridgehead atoms. The summed E-state index contributed by atoms with van der Waals surface area (Å²) in [5.74, 6) is 0.450. The number of ether oxygens (including phenoxy) is 1. The lowest BCUT2D eigenvalue weighted by atomic mass is 10.2. The van der Waals surface area contributed by atoms with Gasteiger partial charge in [-0.15, -0.1) is 12.4 Å². The summed E-state index contributed by atoms with van der Waals surface area (Å²) >= 11 is 0. The first kappa shape index (κ1) is 17.7. The molecule has 1 aliphatic heterocycles. The molecule has 0 spiro atoms. The number of rotatable bonds is 6. The first-order valence-electron chi connectivity index (χ1n) is 7.00. The Morgan fingerprint density at radius 3 is 2.76 bits per heavy atom. The zero-order valence-corrected chi connectivity index (χ0v) is 13.2. The first-order valence-corrected chi connectivity index (χ1v) is 7.00. The minimum absolute atomic E-state index is 0. The molecule has 3 N–H and O–H groups in total. The molecule has 6 nitrogen and oxygen atoms in total. The third kappa shape index (κ3) is 5.49. The van der Waals surface area contributed by atoms with E-state index in [0.29, 0.717) is 18.1 Å². The molecule has 21 heavy (non-hydrogen) atoms. The van der Waals surface area contributed by atoms with Gasteiger partial charge in [-0.3, -0.25) is 5.41 Å². The van der Waals surface area contributed by atoms with Gasteiger partial charge in [-0.1, -0.05) is 0 Å². The number of aromatic nitrogens is 1. The van der Waals surface area contributed by atoms with Gasteiger partial charge in [-0.05, 0) is 25.6 Å². The number of amidine groups is 1. The molecule has 1 saturated heterocycles. The highest BCUT2D eigenvalue weighted by Gasteiger charge is 2.13. The maximum absolute atomic E-state index is 7.48. The monoisotopic (exact) mass is 313 g/mol. The van der Waals surface area contributed by atoms with E-state index < -0.39 is 0 Å². The van der Waals surface area contributed by atoms with Crippen molar-refractivity contribution in [3.8, 4) is 5.88 Å². The summed E-state index contributed by atoms with van der Waals surface area (Å²) in [7, 11) is 2.16. The second kappa shape index (κ2) is 8.81. The number of nitrogens with zero attached hydrogens (tertiary/aromatic N) is 3. The minimum Gasteiger partial charge on any atom is -0.477 e. The molecule has 7 heteroatoms. The van der Waals surface area contributed by atoms with Crippen LogP contribution in [0.3, 0.4) is 0 Å². The summed E-state index contributed by atoms with van der Waals surface area (Å²) in [6, 6.07) is 3.51. The van der Waals surface area contributed by atoms with E-state index >= 15 is 0 Å². The highest BCUT2D eigenvalue weighted by atomic mass is 35.5. The van der Waals surface area contributed by atoms with Crippen molar-refractivity contribution in [2.45, 2.75) is 6.42 Å². The molecule has 118 valence electrons. The van der Waals surface area contributed by atoms with Gasteiger partial charge in [-0.2, -0.15) is 0 Å². The number of likely N-dealkylation sites (N-methyl/N-ethyl adjacent to an activating group) is 1. The Kier molecular flexibility index (Phi) is 7.42. The topological polar surface area (TPSA) is 78.5 Å². The average Bonchev–Trinajstić information content (AvgIpc) is 2.46. The maximum Gasteiger partial charge on any atom is 0.224 e. The number of nitrogen functional groups attached to an aromatic ring is 1. The Bertz CT molecular complexity index is 449. The first-order chi connectivity index (χ1) is 9.66. The zero-order valence-electron chi connectivity index (χ0n) is 12.4. The molecular formula is C14H24ClN5O. The van der Waals surface area contributed by atoms with Gasteiger partial charge in [0, 0.05) is 38.9 Å². The molecule has 0 radical (unpaired) electrons. The molecule has 0 unspecified atom stereocenters. The molecule has 2 heterocycles. The fourth-order valence-electron chi connectivity index (χ4n) is 2.24. The smallest absolute Gasteiger partial charge is 0.224 e. The number of nitrogens with one attached hydrogen (secondary N) is 1. The molecule has 0 aromatic carbocycles. The summed E-state index contributed by atoms with van der Waals surface area (Å²) in [5.41, 5.74) is 6.06. The van der Waals surface area contributed by atoms with Crippen LogP contribution in [0.1, 0.15) is 12.0 Å². The van der Waals surface area contributed by atoms with Crippen molar-refractivity contribution >= 4 is 18.2 Å². The molecule has 2 rings (SSSR count). The molecule has 1 aromatic heterocycles. The van der Waals surface area contributed by atoms with Gasteiger partial charge in [-0.25, -0.2) is 4.98 Å². The molecule has 0 amide bonds. The summed E-state index contributed by atoms with van der Waals surface area (Å²) in [6.45, 7) is 6.16. The molecule has 0 aliphatic carbocycles. The molecule has 1 aromatic rings.